The Kier molecular flexibility index (Phi) is 6.65. The van der Waals surface area contributed by atoms with Crippen LogP contribution < -0.4 is 10.1 Å². The third-order valence-electron chi connectivity index (χ3n) is 2.46. The first-order valence-corrected chi connectivity index (χ1v) is 6.91. The van der Waals surface area contributed by atoms with E-state index < -0.39 is 12.6 Å². The number of halogens is 4. The summed E-state index contributed by atoms with van der Waals surface area (Å²) in [5.74, 6) is 0.616. The van der Waals surface area contributed by atoms with Gasteiger partial charge in [0.25, 0.3) is 0 Å². The van der Waals surface area contributed by atoms with Crippen LogP contribution in [0.25, 0.3) is 0 Å². The van der Waals surface area contributed by atoms with Crippen molar-refractivity contribution in [1.29, 1.82) is 0 Å². The highest BCUT2D eigenvalue weighted by Crippen LogP contribution is 2.30. The number of nitrogens with one attached hydrogen (secondary N) is 1. The first-order chi connectivity index (χ1) is 8.94. The molecule has 0 atom stereocenters. The summed E-state index contributed by atoms with van der Waals surface area (Å²) in [6.45, 7) is 3.49. The maximum absolute atomic E-state index is 12.0. The summed E-state index contributed by atoms with van der Waals surface area (Å²) in [7, 11) is 0. The van der Waals surface area contributed by atoms with E-state index in [4.69, 9.17) is 4.74 Å². The normalized spacial score (nSPS) is 11.6. The summed E-state index contributed by atoms with van der Waals surface area (Å²) >= 11 is 3.36. The summed E-state index contributed by atoms with van der Waals surface area (Å²) in [4.78, 5) is 0. The SMILES string of the molecule is CCNCc1cccc(Br)c1OCCCC(F)(F)F. The fraction of sp³-hybridized carbons (Fsp3) is 0.538. The highest BCUT2D eigenvalue weighted by Gasteiger charge is 2.26. The van der Waals surface area contributed by atoms with Crippen molar-refractivity contribution in [2.75, 3.05) is 13.2 Å². The van der Waals surface area contributed by atoms with E-state index in [1.54, 1.807) is 0 Å². The zero-order valence-corrected chi connectivity index (χ0v) is 12.3. The van der Waals surface area contributed by atoms with E-state index in [1.807, 2.05) is 25.1 Å². The molecule has 0 spiro atoms. The molecule has 1 aromatic carbocycles. The Labute approximate surface area is 119 Å². The molecule has 0 aromatic heterocycles. The van der Waals surface area contributed by atoms with Gasteiger partial charge in [-0.1, -0.05) is 19.1 Å². The molecule has 0 amide bonds. The Morgan fingerprint density at radius 3 is 2.68 bits per heavy atom. The van der Waals surface area contributed by atoms with E-state index in [-0.39, 0.29) is 13.0 Å². The van der Waals surface area contributed by atoms with Gasteiger partial charge < -0.3 is 10.1 Å². The van der Waals surface area contributed by atoms with Gasteiger partial charge in [0.15, 0.2) is 0 Å². The van der Waals surface area contributed by atoms with Crippen molar-refractivity contribution in [1.82, 2.24) is 5.32 Å². The van der Waals surface area contributed by atoms with E-state index in [0.717, 1.165) is 16.6 Å². The maximum atomic E-state index is 12.0. The zero-order valence-electron chi connectivity index (χ0n) is 10.7. The largest absolute Gasteiger partial charge is 0.492 e. The molecular formula is C13H17BrF3NO. The van der Waals surface area contributed by atoms with Gasteiger partial charge >= 0.3 is 6.18 Å². The Morgan fingerprint density at radius 2 is 2.05 bits per heavy atom. The molecule has 19 heavy (non-hydrogen) atoms. The smallest absolute Gasteiger partial charge is 0.389 e. The number of alkyl halides is 3. The van der Waals surface area contributed by atoms with Crippen molar-refractivity contribution in [3.63, 3.8) is 0 Å². The summed E-state index contributed by atoms with van der Waals surface area (Å²) in [6.07, 6.45) is -4.98. The van der Waals surface area contributed by atoms with Gasteiger partial charge in [-0.3, -0.25) is 0 Å². The van der Waals surface area contributed by atoms with Gasteiger partial charge in [0.1, 0.15) is 5.75 Å². The Hall–Kier alpha value is -0.750. The van der Waals surface area contributed by atoms with Gasteiger partial charge in [-0.25, -0.2) is 0 Å². The minimum Gasteiger partial charge on any atom is -0.492 e. The average Bonchev–Trinajstić information content (AvgIpc) is 2.32. The number of rotatable bonds is 7. The van der Waals surface area contributed by atoms with Crippen molar-refractivity contribution >= 4 is 15.9 Å². The molecule has 0 aliphatic rings. The fourth-order valence-electron chi connectivity index (χ4n) is 1.56. The van der Waals surface area contributed by atoms with Crippen LogP contribution in [0, 0.1) is 0 Å². The lowest BCUT2D eigenvalue weighted by molar-refractivity contribution is -0.136. The second kappa shape index (κ2) is 7.75. The molecule has 1 rings (SSSR count). The van der Waals surface area contributed by atoms with Gasteiger partial charge in [0.2, 0.25) is 0 Å². The predicted molar refractivity (Wildman–Crippen MR) is 72.3 cm³/mol. The Morgan fingerprint density at radius 1 is 1.32 bits per heavy atom. The number of ether oxygens (including phenoxy) is 1. The first-order valence-electron chi connectivity index (χ1n) is 6.11. The minimum atomic E-state index is -4.12. The molecule has 1 N–H and O–H groups in total. The van der Waals surface area contributed by atoms with Crippen LogP contribution in [0.4, 0.5) is 13.2 Å². The van der Waals surface area contributed by atoms with Gasteiger partial charge in [0.05, 0.1) is 11.1 Å². The van der Waals surface area contributed by atoms with Crippen LogP contribution in [-0.4, -0.2) is 19.3 Å². The van der Waals surface area contributed by atoms with Crippen molar-refractivity contribution in [3.8, 4) is 5.75 Å². The van der Waals surface area contributed by atoms with Gasteiger partial charge in [-0.05, 0) is 35.0 Å². The number of hydrogen-bond acceptors (Lipinski definition) is 2. The third kappa shape index (κ3) is 6.29. The van der Waals surface area contributed by atoms with Crippen LogP contribution in [0.3, 0.4) is 0 Å². The second-order valence-electron chi connectivity index (χ2n) is 4.08. The van der Waals surface area contributed by atoms with Crippen LogP contribution in [0.1, 0.15) is 25.3 Å². The summed E-state index contributed by atoms with van der Waals surface area (Å²) in [5, 5.41) is 3.17. The molecule has 1 aromatic rings. The standard InChI is InChI=1S/C13H17BrF3NO/c1-2-18-9-10-5-3-6-11(14)12(10)19-8-4-7-13(15,16)17/h3,5-6,18H,2,4,7-9H2,1H3. The lowest BCUT2D eigenvalue weighted by Crippen LogP contribution is -2.14. The molecule has 0 fully saturated rings. The van der Waals surface area contributed by atoms with Crippen LogP contribution >= 0.6 is 15.9 Å². The molecule has 0 heterocycles. The first kappa shape index (κ1) is 16.3. The molecule has 0 radical (unpaired) electrons. The molecule has 2 nitrogen and oxygen atoms in total. The molecule has 0 bridgehead atoms. The molecule has 0 saturated carbocycles. The molecule has 108 valence electrons. The number of hydrogen-bond donors (Lipinski definition) is 1. The van der Waals surface area contributed by atoms with Gasteiger partial charge in [-0.2, -0.15) is 13.2 Å². The van der Waals surface area contributed by atoms with Crippen molar-refractivity contribution in [2.24, 2.45) is 0 Å². The van der Waals surface area contributed by atoms with Crippen LogP contribution in [0.2, 0.25) is 0 Å². The van der Waals surface area contributed by atoms with E-state index >= 15 is 0 Å². The van der Waals surface area contributed by atoms with E-state index in [1.165, 1.54) is 0 Å². The molecular weight excluding hydrogens is 323 g/mol. The third-order valence-corrected chi connectivity index (χ3v) is 3.09. The maximum Gasteiger partial charge on any atom is 0.389 e. The predicted octanol–water partition coefficient (Wildman–Crippen LogP) is 4.28. The van der Waals surface area contributed by atoms with Crippen molar-refractivity contribution in [3.05, 3.63) is 28.2 Å². The van der Waals surface area contributed by atoms with Crippen LogP contribution in [0.5, 0.6) is 5.75 Å². The monoisotopic (exact) mass is 339 g/mol. The van der Waals surface area contributed by atoms with Gasteiger partial charge in [-0.15, -0.1) is 0 Å². The quantitative estimate of drug-likeness (QED) is 0.748. The summed E-state index contributed by atoms with van der Waals surface area (Å²) < 4.78 is 42.3. The highest BCUT2D eigenvalue weighted by molar-refractivity contribution is 9.10. The zero-order chi connectivity index (χ0) is 14.3. The Bertz CT molecular complexity index is 396. The summed E-state index contributed by atoms with van der Waals surface area (Å²) in [5.41, 5.74) is 0.934. The lowest BCUT2D eigenvalue weighted by Gasteiger charge is -2.14. The number of benzene rings is 1. The van der Waals surface area contributed by atoms with E-state index in [0.29, 0.717) is 12.3 Å². The van der Waals surface area contributed by atoms with Crippen LogP contribution in [0.15, 0.2) is 22.7 Å². The molecule has 0 aliphatic heterocycles. The van der Waals surface area contributed by atoms with Gasteiger partial charge in [0, 0.05) is 18.5 Å². The number of para-hydroxylation sites is 1. The fourth-order valence-corrected chi connectivity index (χ4v) is 2.08. The lowest BCUT2D eigenvalue weighted by atomic mass is 10.2. The molecule has 0 saturated heterocycles. The minimum absolute atomic E-state index is 0.0362. The van der Waals surface area contributed by atoms with Crippen LogP contribution in [-0.2, 0) is 6.54 Å². The van der Waals surface area contributed by atoms with Crippen molar-refractivity contribution < 1.29 is 17.9 Å². The Balaban J connectivity index is 2.56. The van der Waals surface area contributed by atoms with Crippen molar-refractivity contribution in [2.45, 2.75) is 32.5 Å². The topological polar surface area (TPSA) is 21.3 Å². The van der Waals surface area contributed by atoms with E-state index in [2.05, 4.69) is 21.2 Å². The summed E-state index contributed by atoms with van der Waals surface area (Å²) in [6, 6.07) is 5.58. The van der Waals surface area contributed by atoms with E-state index in [9.17, 15) is 13.2 Å². The highest BCUT2D eigenvalue weighted by atomic mass is 79.9. The molecule has 6 heteroatoms. The molecule has 0 unspecified atom stereocenters. The second-order valence-corrected chi connectivity index (χ2v) is 4.93. The average molecular weight is 340 g/mol. The molecule has 0 aliphatic carbocycles.